The number of ketones is 2. The van der Waals surface area contributed by atoms with Gasteiger partial charge in [0.1, 0.15) is 0 Å². The molecule has 3 aliphatic carbocycles. The van der Waals surface area contributed by atoms with E-state index in [-0.39, 0.29) is 11.6 Å². The maximum Gasteiger partial charge on any atom is 0.182 e. The van der Waals surface area contributed by atoms with Gasteiger partial charge in [0, 0.05) is 33.3 Å². The fourth-order valence-corrected chi connectivity index (χ4v) is 9.86. The van der Waals surface area contributed by atoms with Gasteiger partial charge in [-0.05, 0) is 183 Å². The van der Waals surface area contributed by atoms with E-state index in [1.54, 1.807) is 0 Å². The topological polar surface area (TPSA) is 91.5 Å². The molecule has 6 heteroatoms. The van der Waals surface area contributed by atoms with E-state index in [1.165, 1.54) is 62.3 Å². The molecule has 2 N–H and O–H groups in total. The normalized spacial score (nSPS) is 19.5. The van der Waals surface area contributed by atoms with Gasteiger partial charge in [-0.15, -0.1) is 0 Å². The standard InChI is InChI=1S/C48H48N4O2/c1-9-34-27(7)40-20-38-23(3)25(5)47(51-38)46(48-26(6)24(4)39(52-48)21-41-28(8)35(10-2)43(50-41)22-42(34)49-40)30-12-11-29-15-32-18-36-37(45(54)14-13-44(36)53)19-33(32)17-31(29)16-30/h11-14,16,20-22,32-33,49,51H,9-10,15,17-19H2,1-8H3/t32-,33-/m0/s1. The van der Waals surface area contributed by atoms with Crippen molar-refractivity contribution >= 4 is 55.9 Å². The van der Waals surface area contributed by atoms with Crippen molar-refractivity contribution in [3.8, 4) is 11.1 Å². The molecule has 4 aromatic rings. The molecule has 272 valence electrons. The van der Waals surface area contributed by atoms with E-state index in [9.17, 15) is 9.59 Å². The van der Waals surface area contributed by atoms with Crippen molar-refractivity contribution in [2.24, 2.45) is 11.8 Å². The Labute approximate surface area is 317 Å². The minimum absolute atomic E-state index is 0.0132. The quantitative estimate of drug-likeness (QED) is 0.207. The van der Waals surface area contributed by atoms with E-state index in [0.29, 0.717) is 24.7 Å². The van der Waals surface area contributed by atoms with E-state index >= 15 is 0 Å². The molecule has 8 bridgehead atoms. The third-order valence-electron chi connectivity index (χ3n) is 13.4. The second-order valence-corrected chi connectivity index (χ2v) is 16.2. The molecule has 0 spiro atoms. The highest BCUT2D eigenvalue weighted by Crippen LogP contribution is 2.46. The summed E-state index contributed by atoms with van der Waals surface area (Å²) in [5.41, 5.74) is 24.6. The van der Waals surface area contributed by atoms with Crippen LogP contribution in [-0.4, -0.2) is 31.5 Å². The Morgan fingerprint density at radius 1 is 0.611 bits per heavy atom. The summed E-state index contributed by atoms with van der Waals surface area (Å²) in [6.45, 7) is 17.7. The van der Waals surface area contributed by atoms with Crippen LogP contribution in [0, 0.1) is 32.6 Å². The number of nitrogens with zero attached hydrogens (tertiary/aromatic N) is 2. The monoisotopic (exact) mass is 712 g/mol. The van der Waals surface area contributed by atoms with Crippen LogP contribution in [0.2, 0.25) is 0 Å². The molecule has 0 unspecified atom stereocenters. The molecule has 0 saturated heterocycles. The molecule has 6 nitrogen and oxygen atoms in total. The van der Waals surface area contributed by atoms with Crippen LogP contribution < -0.4 is 0 Å². The molecule has 54 heavy (non-hydrogen) atoms. The molecule has 1 aromatic carbocycles. The SMILES string of the molecule is CCC1=C(C)c2cc3nc(c(-c4ccc5c(c4)C[C@H]4CC6=C(C[C@@H]4C5)C(=O)C=CC6=O)c4[nH]c(cc5[nH]c(cc1n2)c(CC)c5C)c(C)c4C)C(C)=C3C. The maximum atomic E-state index is 12.9. The molecule has 2 aliphatic heterocycles. The van der Waals surface area contributed by atoms with E-state index in [1.807, 2.05) is 0 Å². The molecular formula is C48H48N4O2. The number of allylic oxidation sites excluding steroid dienone is 8. The zero-order chi connectivity index (χ0) is 37.7. The fourth-order valence-electron chi connectivity index (χ4n) is 9.86. The summed E-state index contributed by atoms with van der Waals surface area (Å²) in [4.78, 5) is 44.0. The first-order valence-corrected chi connectivity index (χ1v) is 19.7. The molecule has 0 amide bonds. The third-order valence-corrected chi connectivity index (χ3v) is 13.4. The number of aryl methyl sites for hydroxylation is 4. The number of rotatable bonds is 3. The van der Waals surface area contributed by atoms with Crippen LogP contribution in [0.5, 0.6) is 0 Å². The number of carbonyl (C=O) groups is 2. The van der Waals surface area contributed by atoms with Gasteiger partial charge in [0.15, 0.2) is 11.6 Å². The fraction of sp³-hybridized carbons (Fsp3) is 0.333. The number of fused-ring (bicyclic) bond motifs is 10. The summed E-state index contributed by atoms with van der Waals surface area (Å²) in [5.74, 6) is 0.743. The van der Waals surface area contributed by atoms with Gasteiger partial charge in [-0.2, -0.15) is 0 Å². The lowest BCUT2D eigenvalue weighted by molar-refractivity contribution is -0.116. The summed E-state index contributed by atoms with van der Waals surface area (Å²) in [6.07, 6.45) is 7.95. The number of H-pyrrole nitrogens is 2. The van der Waals surface area contributed by atoms with Gasteiger partial charge in [0.25, 0.3) is 0 Å². The van der Waals surface area contributed by atoms with Gasteiger partial charge in [0.05, 0.1) is 28.3 Å². The third kappa shape index (κ3) is 5.20. The second-order valence-electron chi connectivity index (χ2n) is 16.2. The number of aromatic nitrogens is 4. The Morgan fingerprint density at radius 2 is 1.28 bits per heavy atom. The largest absolute Gasteiger partial charge is 0.355 e. The lowest BCUT2D eigenvalue weighted by atomic mass is 9.65. The van der Waals surface area contributed by atoms with Gasteiger partial charge in [-0.1, -0.05) is 32.0 Å². The lowest BCUT2D eigenvalue weighted by Gasteiger charge is -2.38. The van der Waals surface area contributed by atoms with Crippen molar-refractivity contribution in [3.05, 3.63) is 116 Å². The molecule has 5 heterocycles. The first kappa shape index (κ1) is 34.4. The van der Waals surface area contributed by atoms with Crippen molar-refractivity contribution < 1.29 is 9.59 Å². The zero-order valence-electron chi connectivity index (χ0n) is 32.7. The van der Waals surface area contributed by atoms with Crippen molar-refractivity contribution in [1.29, 1.82) is 0 Å². The average molecular weight is 713 g/mol. The van der Waals surface area contributed by atoms with Crippen LogP contribution in [0.15, 0.2) is 59.7 Å². The number of hydrogen-bond acceptors (Lipinski definition) is 4. The van der Waals surface area contributed by atoms with Crippen molar-refractivity contribution in [2.45, 2.75) is 93.9 Å². The number of aromatic amines is 2. The highest BCUT2D eigenvalue weighted by molar-refractivity contribution is 6.20. The van der Waals surface area contributed by atoms with Gasteiger partial charge < -0.3 is 9.97 Å². The molecule has 9 rings (SSSR count). The Morgan fingerprint density at radius 3 is 1.96 bits per heavy atom. The number of benzene rings is 1. The Balaban J connectivity index is 1.30. The van der Waals surface area contributed by atoms with Crippen LogP contribution in [-0.2, 0) is 28.9 Å². The van der Waals surface area contributed by atoms with Crippen molar-refractivity contribution in [3.63, 3.8) is 0 Å². The summed E-state index contributed by atoms with van der Waals surface area (Å²) < 4.78 is 0. The minimum Gasteiger partial charge on any atom is -0.355 e. The Hall–Kier alpha value is -5.36. The molecule has 3 aromatic heterocycles. The first-order valence-electron chi connectivity index (χ1n) is 19.7. The molecule has 0 fully saturated rings. The Kier molecular flexibility index (Phi) is 8.04. The zero-order valence-corrected chi connectivity index (χ0v) is 32.7. The molecular weight excluding hydrogens is 665 g/mol. The second kappa shape index (κ2) is 12.6. The Bertz CT molecular complexity index is 2690. The van der Waals surface area contributed by atoms with Gasteiger partial charge in [0.2, 0.25) is 0 Å². The lowest BCUT2D eigenvalue weighted by Crippen LogP contribution is -2.33. The number of nitrogens with one attached hydrogen (secondary N) is 2. The molecule has 0 saturated carbocycles. The van der Waals surface area contributed by atoms with Gasteiger partial charge >= 0.3 is 0 Å². The smallest absolute Gasteiger partial charge is 0.182 e. The van der Waals surface area contributed by atoms with E-state index in [2.05, 4.69) is 102 Å². The summed E-state index contributed by atoms with van der Waals surface area (Å²) >= 11 is 0. The van der Waals surface area contributed by atoms with Crippen LogP contribution in [0.25, 0.3) is 55.5 Å². The number of carbonyl (C=O) groups excluding carboxylic acids is 2. The molecule has 0 radical (unpaired) electrons. The highest BCUT2D eigenvalue weighted by atomic mass is 16.1. The highest BCUT2D eigenvalue weighted by Gasteiger charge is 2.38. The van der Waals surface area contributed by atoms with Crippen molar-refractivity contribution in [1.82, 2.24) is 19.9 Å². The van der Waals surface area contributed by atoms with Crippen LogP contribution in [0.1, 0.15) is 110 Å². The minimum atomic E-state index is 0.0132. The van der Waals surface area contributed by atoms with E-state index in [0.717, 1.165) is 98.4 Å². The van der Waals surface area contributed by atoms with Gasteiger partial charge in [-0.3, -0.25) is 9.59 Å². The van der Waals surface area contributed by atoms with Crippen LogP contribution >= 0.6 is 0 Å². The first-order chi connectivity index (χ1) is 25.9. The summed E-state index contributed by atoms with van der Waals surface area (Å²) in [7, 11) is 0. The van der Waals surface area contributed by atoms with Crippen molar-refractivity contribution in [2.75, 3.05) is 0 Å². The van der Waals surface area contributed by atoms with E-state index < -0.39 is 0 Å². The van der Waals surface area contributed by atoms with E-state index in [4.69, 9.17) is 9.97 Å². The molecule has 5 aliphatic rings. The predicted octanol–water partition coefficient (Wildman–Crippen LogP) is 10.9. The predicted molar refractivity (Wildman–Crippen MR) is 221 cm³/mol. The maximum absolute atomic E-state index is 12.9. The molecule has 2 atom stereocenters. The van der Waals surface area contributed by atoms with Crippen LogP contribution in [0.4, 0.5) is 0 Å². The average Bonchev–Trinajstić information content (AvgIpc) is 3.81. The van der Waals surface area contributed by atoms with Crippen LogP contribution in [0.3, 0.4) is 0 Å². The summed E-state index contributed by atoms with van der Waals surface area (Å²) in [5, 5.41) is 0. The number of hydrogen-bond donors (Lipinski definition) is 2. The summed E-state index contributed by atoms with van der Waals surface area (Å²) in [6, 6.07) is 13.7. The van der Waals surface area contributed by atoms with Gasteiger partial charge in [-0.25, -0.2) is 9.97 Å².